The molecule has 0 spiro atoms. The van der Waals surface area contributed by atoms with E-state index in [1.807, 2.05) is 18.9 Å². The highest BCUT2D eigenvalue weighted by Gasteiger charge is 2.25. The molecule has 2 aliphatic heterocycles. The Balaban J connectivity index is 1.64. The Labute approximate surface area is 197 Å². The topological polar surface area (TPSA) is 61.4 Å². The second-order valence-electron chi connectivity index (χ2n) is 8.35. The maximum atomic E-state index is 13.3. The van der Waals surface area contributed by atoms with Gasteiger partial charge < -0.3 is 15.1 Å². The molecule has 2 aliphatic rings. The van der Waals surface area contributed by atoms with E-state index in [0.717, 1.165) is 23.4 Å². The van der Waals surface area contributed by atoms with Gasteiger partial charge in [-0.2, -0.15) is 0 Å². The minimum Gasteiger partial charge on any atom is -0.363 e. The summed E-state index contributed by atoms with van der Waals surface area (Å²) < 4.78 is 26.6. The zero-order valence-corrected chi connectivity index (χ0v) is 19.5. The summed E-state index contributed by atoms with van der Waals surface area (Å²) in [5.41, 5.74) is 3.59. The van der Waals surface area contributed by atoms with Crippen LogP contribution in [0.2, 0.25) is 5.02 Å². The fourth-order valence-corrected chi connectivity index (χ4v) is 4.66. The van der Waals surface area contributed by atoms with Gasteiger partial charge in [0.15, 0.2) is 0 Å². The number of carbonyl (C=O) groups is 1. The van der Waals surface area contributed by atoms with Crippen molar-refractivity contribution in [3.63, 3.8) is 0 Å². The van der Waals surface area contributed by atoms with Crippen molar-refractivity contribution in [3.05, 3.63) is 63.5 Å². The number of halogens is 3. The molecule has 4 rings (SSSR count). The van der Waals surface area contributed by atoms with Gasteiger partial charge in [-0.15, -0.1) is 0 Å². The van der Waals surface area contributed by atoms with Crippen molar-refractivity contribution in [2.24, 2.45) is 0 Å². The van der Waals surface area contributed by atoms with Crippen molar-refractivity contribution in [3.8, 4) is 0 Å². The molecule has 1 atom stereocenters. The SMILES string of the molecule is CC(=O)N1CC=C(C2=Cc3c(N[C@H](C)c4cccc(C(F)F)c4Cl)ncnc3N(C)C2)CC1. The van der Waals surface area contributed by atoms with Crippen LogP contribution < -0.4 is 10.2 Å². The molecular formula is C24H26ClF2N5O. The van der Waals surface area contributed by atoms with Crippen LogP contribution in [0, 0.1) is 0 Å². The van der Waals surface area contributed by atoms with Crippen LogP contribution in [0.1, 0.15) is 49.4 Å². The maximum absolute atomic E-state index is 13.3. The molecule has 0 unspecified atom stereocenters. The van der Waals surface area contributed by atoms with Crippen LogP contribution >= 0.6 is 11.6 Å². The molecular weight excluding hydrogens is 448 g/mol. The molecule has 0 fully saturated rings. The Bertz CT molecular complexity index is 1130. The second kappa shape index (κ2) is 9.47. The Kier molecular flexibility index (Phi) is 6.65. The number of alkyl halides is 2. The summed E-state index contributed by atoms with van der Waals surface area (Å²) in [6.07, 6.45) is 3.82. The minimum absolute atomic E-state index is 0.0613. The summed E-state index contributed by atoms with van der Waals surface area (Å²) in [6.45, 7) is 5.45. The highest BCUT2D eigenvalue weighted by Crippen LogP contribution is 2.37. The van der Waals surface area contributed by atoms with Gasteiger partial charge in [0.25, 0.3) is 6.43 Å². The van der Waals surface area contributed by atoms with E-state index in [-0.39, 0.29) is 22.5 Å². The van der Waals surface area contributed by atoms with Crippen LogP contribution in [0.15, 0.2) is 41.7 Å². The van der Waals surface area contributed by atoms with E-state index in [2.05, 4.69) is 32.3 Å². The third kappa shape index (κ3) is 4.71. The highest BCUT2D eigenvalue weighted by molar-refractivity contribution is 6.32. The standard InChI is InChI=1S/C24H26ClF2N5O/c1-14(18-5-4-6-19(21(18)25)22(26)27)30-23-20-11-17(12-31(3)24(20)29-13-28-23)16-7-9-32(10-8-16)15(2)33/h4-7,11,13-14,22H,8-10,12H2,1-3H3,(H,28,29,30)/t14-/m1/s1. The van der Waals surface area contributed by atoms with Crippen LogP contribution in [0.5, 0.6) is 0 Å². The average Bonchev–Trinajstić information content (AvgIpc) is 2.79. The molecule has 0 saturated carbocycles. The van der Waals surface area contributed by atoms with Gasteiger partial charge in [-0.05, 0) is 36.1 Å². The van der Waals surface area contributed by atoms with E-state index < -0.39 is 6.43 Å². The van der Waals surface area contributed by atoms with Crippen LogP contribution in [-0.2, 0) is 4.79 Å². The normalized spacial score (nSPS) is 16.8. The van der Waals surface area contributed by atoms with Crippen molar-refractivity contribution in [2.45, 2.75) is 32.7 Å². The van der Waals surface area contributed by atoms with E-state index in [0.29, 0.717) is 31.0 Å². The van der Waals surface area contributed by atoms with Gasteiger partial charge in [0.05, 0.1) is 16.6 Å². The Morgan fingerprint density at radius 3 is 2.64 bits per heavy atom. The molecule has 1 amide bonds. The Hall–Kier alpha value is -3.00. The number of carbonyl (C=O) groups excluding carboxylic acids is 1. The van der Waals surface area contributed by atoms with E-state index in [1.54, 1.807) is 19.1 Å². The smallest absolute Gasteiger partial charge is 0.265 e. The van der Waals surface area contributed by atoms with Crippen molar-refractivity contribution >= 4 is 35.2 Å². The summed E-state index contributed by atoms with van der Waals surface area (Å²) in [4.78, 5) is 24.4. The fourth-order valence-electron chi connectivity index (χ4n) is 4.28. The maximum Gasteiger partial charge on any atom is 0.265 e. The van der Waals surface area contributed by atoms with Gasteiger partial charge >= 0.3 is 0 Å². The first-order chi connectivity index (χ1) is 15.8. The molecule has 0 bridgehead atoms. The lowest BCUT2D eigenvalue weighted by Crippen LogP contribution is -2.34. The van der Waals surface area contributed by atoms with Gasteiger partial charge in [0, 0.05) is 39.2 Å². The number of nitrogens with zero attached hydrogens (tertiary/aromatic N) is 4. The number of amides is 1. The molecule has 1 aromatic carbocycles. The number of rotatable bonds is 5. The molecule has 6 nitrogen and oxygen atoms in total. The summed E-state index contributed by atoms with van der Waals surface area (Å²) in [5, 5.41) is 3.40. The number of aromatic nitrogens is 2. The number of benzene rings is 1. The molecule has 3 heterocycles. The highest BCUT2D eigenvalue weighted by atomic mass is 35.5. The first kappa shape index (κ1) is 23.2. The molecule has 0 aliphatic carbocycles. The van der Waals surface area contributed by atoms with Crippen LogP contribution in [0.4, 0.5) is 20.4 Å². The molecule has 9 heteroatoms. The van der Waals surface area contributed by atoms with Crippen molar-refractivity contribution in [1.82, 2.24) is 14.9 Å². The lowest BCUT2D eigenvalue weighted by molar-refractivity contribution is -0.128. The predicted molar refractivity (Wildman–Crippen MR) is 127 cm³/mol. The quantitative estimate of drug-likeness (QED) is 0.642. The minimum atomic E-state index is -2.64. The number of fused-ring (bicyclic) bond motifs is 1. The summed E-state index contributed by atoms with van der Waals surface area (Å²) >= 11 is 6.28. The molecule has 33 heavy (non-hydrogen) atoms. The van der Waals surface area contributed by atoms with E-state index in [4.69, 9.17) is 11.6 Å². The van der Waals surface area contributed by atoms with Crippen LogP contribution in [0.3, 0.4) is 0 Å². The zero-order chi connectivity index (χ0) is 23.7. The van der Waals surface area contributed by atoms with E-state index in [1.165, 1.54) is 18.0 Å². The van der Waals surface area contributed by atoms with Crippen LogP contribution in [-0.4, -0.2) is 47.5 Å². The second-order valence-corrected chi connectivity index (χ2v) is 8.72. The lowest BCUT2D eigenvalue weighted by Gasteiger charge is -2.32. The van der Waals surface area contributed by atoms with Crippen molar-refractivity contribution in [1.29, 1.82) is 0 Å². The first-order valence-corrected chi connectivity index (χ1v) is 11.2. The van der Waals surface area contributed by atoms with Gasteiger partial charge in [0.2, 0.25) is 5.91 Å². The zero-order valence-electron chi connectivity index (χ0n) is 18.8. The molecule has 2 aromatic rings. The monoisotopic (exact) mass is 473 g/mol. The lowest BCUT2D eigenvalue weighted by atomic mass is 9.94. The van der Waals surface area contributed by atoms with E-state index >= 15 is 0 Å². The summed E-state index contributed by atoms with van der Waals surface area (Å²) in [7, 11) is 1.97. The number of hydrogen-bond donors (Lipinski definition) is 1. The van der Waals surface area contributed by atoms with Crippen molar-refractivity contribution < 1.29 is 13.6 Å². The van der Waals surface area contributed by atoms with Gasteiger partial charge in [0.1, 0.15) is 18.0 Å². The molecule has 0 saturated heterocycles. The molecule has 174 valence electrons. The number of nitrogens with one attached hydrogen (secondary N) is 1. The summed E-state index contributed by atoms with van der Waals surface area (Å²) in [6, 6.07) is 4.31. The Morgan fingerprint density at radius 2 is 1.97 bits per heavy atom. The van der Waals surface area contributed by atoms with Crippen LogP contribution in [0.25, 0.3) is 6.08 Å². The predicted octanol–water partition coefficient (Wildman–Crippen LogP) is 5.25. The Morgan fingerprint density at radius 1 is 1.21 bits per heavy atom. The van der Waals surface area contributed by atoms with Gasteiger partial charge in [-0.25, -0.2) is 18.7 Å². The molecule has 0 radical (unpaired) electrons. The van der Waals surface area contributed by atoms with E-state index in [9.17, 15) is 13.6 Å². The van der Waals surface area contributed by atoms with Gasteiger partial charge in [-0.3, -0.25) is 4.79 Å². The number of likely N-dealkylation sites (N-methyl/N-ethyl adjacent to an activating group) is 1. The fraction of sp³-hybridized carbons (Fsp3) is 0.375. The number of hydrogen-bond acceptors (Lipinski definition) is 5. The summed E-state index contributed by atoms with van der Waals surface area (Å²) in [5.74, 6) is 1.48. The largest absolute Gasteiger partial charge is 0.363 e. The molecule has 1 aromatic heterocycles. The number of anilines is 2. The van der Waals surface area contributed by atoms with Crippen molar-refractivity contribution in [2.75, 3.05) is 36.9 Å². The third-order valence-electron chi connectivity index (χ3n) is 6.13. The average molecular weight is 474 g/mol. The third-order valence-corrected chi connectivity index (χ3v) is 6.57. The molecule has 1 N–H and O–H groups in total. The van der Waals surface area contributed by atoms with Gasteiger partial charge in [-0.1, -0.05) is 35.9 Å². The first-order valence-electron chi connectivity index (χ1n) is 10.8.